The van der Waals surface area contributed by atoms with E-state index in [9.17, 15) is 0 Å². The predicted octanol–water partition coefficient (Wildman–Crippen LogP) is 3.37. The zero-order chi connectivity index (χ0) is 13.8. The summed E-state index contributed by atoms with van der Waals surface area (Å²) in [5.74, 6) is 2.26. The molecule has 0 aromatic carbocycles. The van der Waals surface area contributed by atoms with Crippen molar-refractivity contribution < 1.29 is 0 Å². The lowest BCUT2D eigenvalue weighted by molar-refractivity contribution is 0.189. The van der Waals surface area contributed by atoms with Gasteiger partial charge in [0.2, 0.25) is 0 Å². The Balaban J connectivity index is 2.47. The average molecular weight is 254 g/mol. The third-order valence-electron chi connectivity index (χ3n) is 4.78. The summed E-state index contributed by atoms with van der Waals surface area (Å²) in [6.45, 7) is 16.3. The summed E-state index contributed by atoms with van der Waals surface area (Å²) in [4.78, 5) is 2.66. The van der Waals surface area contributed by atoms with E-state index in [1.165, 1.54) is 38.9 Å². The van der Waals surface area contributed by atoms with E-state index in [4.69, 9.17) is 5.73 Å². The van der Waals surface area contributed by atoms with Crippen LogP contribution < -0.4 is 5.73 Å². The fourth-order valence-corrected chi connectivity index (χ4v) is 3.09. The van der Waals surface area contributed by atoms with Crippen molar-refractivity contribution in [3.63, 3.8) is 0 Å². The lowest BCUT2D eigenvalue weighted by Gasteiger charge is -2.30. The number of likely N-dealkylation sites (tertiary alicyclic amines) is 1. The van der Waals surface area contributed by atoms with Crippen LogP contribution in [0.3, 0.4) is 0 Å². The summed E-state index contributed by atoms with van der Waals surface area (Å²) in [5.41, 5.74) is 6.37. The average Bonchev–Trinajstić information content (AvgIpc) is 2.49. The highest BCUT2D eigenvalue weighted by Crippen LogP contribution is 2.34. The maximum Gasteiger partial charge on any atom is 0.00242 e. The van der Waals surface area contributed by atoms with E-state index in [0.717, 1.165) is 12.5 Å². The van der Waals surface area contributed by atoms with Gasteiger partial charge in [0.15, 0.2) is 0 Å². The molecular weight excluding hydrogens is 220 g/mol. The van der Waals surface area contributed by atoms with Gasteiger partial charge in [-0.2, -0.15) is 0 Å². The highest BCUT2D eigenvalue weighted by atomic mass is 15.1. The van der Waals surface area contributed by atoms with Crippen LogP contribution in [-0.2, 0) is 0 Å². The Morgan fingerprint density at radius 1 is 1.17 bits per heavy atom. The van der Waals surface area contributed by atoms with E-state index >= 15 is 0 Å². The van der Waals surface area contributed by atoms with E-state index in [2.05, 4.69) is 39.5 Å². The van der Waals surface area contributed by atoms with Crippen molar-refractivity contribution in [3.05, 3.63) is 0 Å². The molecule has 1 fully saturated rings. The molecule has 1 aliphatic rings. The molecule has 1 aliphatic heterocycles. The second kappa shape index (κ2) is 6.91. The molecule has 0 bridgehead atoms. The number of rotatable bonds is 4. The molecule has 1 rings (SSSR count). The van der Waals surface area contributed by atoms with Crippen LogP contribution >= 0.6 is 0 Å². The van der Waals surface area contributed by atoms with Gasteiger partial charge in [-0.15, -0.1) is 0 Å². The summed E-state index contributed by atoms with van der Waals surface area (Å²) in [6.07, 6.45) is 4.12. The van der Waals surface area contributed by atoms with Gasteiger partial charge in [-0.1, -0.05) is 34.6 Å². The van der Waals surface area contributed by atoms with Crippen LogP contribution in [0.25, 0.3) is 0 Å². The van der Waals surface area contributed by atoms with Crippen LogP contribution in [0, 0.1) is 23.2 Å². The van der Waals surface area contributed by atoms with Crippen LogP contribution in [0.15, 0.2) is 0 Å². The maximum atomic E-state index is 5.90. The Hall–Kier alpha value is -0.0800. The molecule has 1 heterocycles. The first-order valence-electron chi connectivity index (χ1n) is 7.77. The lowest BCUT2D eigenvalue weighted by Crippen LogP contribution is -2.36. The summed E-state index contributed by atoms with van der Waals surface area (Å²) < 4.78 is 0. The smallest absolute Gasteiger partial charge is 0.00242 e. The second-order valence-electron chi connectivity index (χ2n) is 7.53. The zero-order valence-electron chi connectivity index (χ0n) is 13.2. The lowest BCUT2D eigenvalue weighted by atomic mass is 9.77. The predicted molar refractivity (Wildman–Crippen MR) is 80.6 cm³/mol. The molecule has 0 radical (unpaired) electrons. The molecule has 18 heavy (non-hydrogen) atoms. The van der Waals surface area contributed by atoms with Gasteiger partial charge in [0.1, 0.15) is 0 Å². The highest BCUT2D eigenvalue weighted by molar-refractivity contribution is 4.80. The van der Waals surface area contributed by atoms with Gasteiger partial charge in [0.05, 0.1) is 0 Å². The van der Waals surface area contributed by atoms with Gasteiger partial charge in [-0.25, -0.2) is 0 Å². The van der Waals surface area contributed by atoms with E-state index in [-0.39, 0.29) is 0 Å². The van der Waals surface area contributed by atoms with Crippen LogP contribution in [0.5, 0.6) is 0 Å². The monoisotopic (exact) mass is 254 g/mol. The molecule has 108 valence electrons. The Bertz CT molecular complexity index is 230. The summed E-state index contributed by atoms with van der Waals surface area (Å²) in [7, 11) is 0. The first kappa shape index (κ1) is 16.0. The minimum atomic E-state index is 0.474. The molecular formula is C16H34N2. The van der Waals surface area contributed by atoms with Crippen LogP contribution in [0.1, 0.15) is 53.9 Å². The van der Waals surface area contributed by atoms with E-state index < -0.39 is 0 Å². The molecule has 0 aromatic rings. The van der Waals surface area contributed by atoms with Crippen molar-refractivity contribution in [2.75, 3.05) is 26.2 Å². The summed E-state index contributed by atoms with van der Waals surface area (Å²) >= 11 is 0. The largest absolute Gasteiger partial charge is 0.330 e. The van der Waals surface area contributed by atoms with Crippen molar-refractivity contribution >= 4 is 0 Å². The van der Waals surface area contributed by atoms with Crippen molar-refractivity contribution in [3.8, 4) is 0 Å². The molecule has 2 unspecified atom stereocenters. The standard InChI is InChI=1S/C16H34N2/c1-13(2)14(11-17)12-18-9-6-7-15(8-10-18)16(3,4)5/h13-15H,6-12,17H2,1-5H3. The van der Waals surface area contributed by atoms with Crippen LogP contribution in [-0.4, -0.2) is 31.1 Å². The first-order chi connectivity index (χ1) is 8.34. The SMILES string of the molecule is CC(C)C(CN)CN1CCCC(C(C)(C)C)CC1. The number of nitrogens with zero attached hydrogens (tertiary/aromatic N) is 1. The fourth-order valence-electron chi connectivity index (χ4n) is 3.09. The van der Waals surface area contributed by atoms with Gasteiger partial charge in [0.25, 0.3) is 0 Å². The third-order valence-corrected chi connectivity index (χ3v) is 4.78. The normalized spacial score (nSPS) is 25.2. The zero-order valence-corrected chi connectivity index (χ0v) is 13.2. The summed E-state index contributed by atoms with van der Waals surface area (Å²) in [5, 5.41) is 0. The Morgan fingerprint density at radius 3 is 2.33 bits per heavy atom. The fraction of sp³-hybridized carbons (Fsp3) is 1.00. The quantitative estimate of drug-likeness (QED) is 0.833. The second-order valence-corrected chi connectivity index (χ2v) is 7.53. The highest BCUT2D eigenvalue weighted by Gasteiger charge is 2.27. The Kier molecular flexibility index (Phi) is 6.13. The van der Waals surface area contributed by atoms with E-state index in [1.54, 1.807) is 0 Å². The van der Waals surface area contributed by atoms with Crippen molar-refractivity contribution in [2.45, 2.75) is 53.9 Å². The first-order valence-corrected chi connectivity index (χ1v) is 7.77. The van der Waals surface area contributed by atoms with Gasteiger partial charge in [-0.3, -0.25) is 0 Å². The van der Waals surface area contributed by atoms with E-state index in [0.29, 0.717) is 17.3 Å². The van der Waals surface area contributed by atoms with Crippen LogP contribution in [0.4, 0.5) is 0 Å². The molecule has 0 saturated carbocycles. The molecule has 0 aromatic heterocycles. The maximum absolute atomic E-state index is 5.90. The minimum Gasteiger partial charge on any atom is -0.330 e. The number of nitrogens with two attached hydrogens (primary N) is 1. The number of hydrogen-bond acceptors (Lipinski definition) is 2. The van der Waals surface area contributed by atoms with Crippen LogP contribution in [0.2, 0.25) is 0 Å². The van der Waals surface area contributed by atoms with Crippen molar-refractivity contribution in [1.82, 2.24) is 4.90 Å². The molecule has 2 heteroatoms. The minimum absolute atomic E-state index is 0.474. The van der Waals surface area contributed by atoms with Crippen molar-refractivity contribution in [1.29, 1.82) is 0 Å². The van der Waals surface area contributed by atoms with E-state index in [1.807, 2.05) is 0 Å². The van der Waals surface area contributed by atoms with Gasteiger partial charge < -0.3 is 10.6 Å². The number of hydrogen-bond donors (Lipinski definition) is 1. The third kappa shape index (κ3) is 4.89. The molecule has 0 amide bonds. The molecule has 0 aliphatic carbocycles. The molecule has 2 nitrogen and oxygen atoms in total. The van der Waals surface area contributed by atoms with Gasteiger partial charge in [0, 0.05) is 6.54 Å². The molecule has 1 saturated heterocycles. The Labute approximate surface area is 114 Å². The Morgan fingerprint density at radius 2 is 1.83 bits per heavy atom. The summed E-state index contributed by atoms with van der Waals surface area (Å²) in [6, 6.07) is 0. The topological polar surface area (TPSA) is 29.3 Å². The van der Waals surface area contributed by atoms with Crippen molar-refractivity contribution in [2.24, 2.45) is 28.9 Å². The van der Waals surface area contributed by atoms with Gasteiger partial charge in [-0.05, 0) is 62.1 Å². The molecule has 2 atom stereocenters. The molecule has 0 spiro atoms. The van der Waals surface area contributed by atoms with Gasteiger partial charge >= 0.3 is 0 Å². The molecule has 2 N–H and O–H groups in total.